The summed E-state index contributed by atoms with van der Waals surface area (Å²) in [5, 5.41) is 0. The van der Waals surface area contributed by atoms with Gasteiger partial charge in [-0.25, -0.2) is 0 Å². The second kappa shape index (κ2) is 6.65. The van der Waals surface area contributed by atoms with Crippen LogP contribution in [0, 0.1) is 11.8 Å². The highest BCUT2D eigenvalue weighted by Crippen LogP contribution is 2.48. The van der Waals surface area contributed by atoms with E-state index in [9.17, 15) is 4.79 Å². The molecule has 0 aromatic heterocycles. The number of benzene rings is 1. The lowest BCUT2D eigenvalue weighted by molar-refractivity contribution is -0.137. The Bertz CT molecular complexity index is 767. The fourth-order valence-electron chi connectivity index (χ4n) is 6.72. The molecule has 5 heterocycles. The zero-order valence-electron chi connectivity index (χ0n) is 16.5. The van der Waals surface area contributed by atoms with E-state index < -0.39 is 0 Å². The van der Waals surface area contributed by atoms with Crippen LogP contribution in [0.2, 0.25) is 0 Å². The highest BCUT2D eigenvalue weighted by molar-refractivity contribution is 5.77. The molecule has 0 N–H and O–H groups in total. The molecule has 150 valence electrons. The molecule has 28 heavy (non-hydrogen) atoms. The number of likely N-dealkylation sites (tertiary alicyclic amines) is 1. The van der Waals surface area contributed by atoms with E-state index >= 15 is 0 Å². The third-order valence-corrected chi connectivity index (χ3v) is 8.08. The van der Waals surface area contributed by atoms with Crippen molar-refractivity contribution in [2.24, 2.45) is 11.8 Å². The molecule has 0 unspecified atom stereocenters. The van der Waals surface area contributed by atoms with Crippen molar-refractivity contribution in [2.75, 3.05) is 26.4 Å². The van der Waals surface area contributed by atoms with Crippen molar-refractivity contribution in [3.05, 3.63) is 23.8 Å². The first-order chi connectivity index (χ1) is 13.8. The maximum Gasteiger partial charge on any atom is 0.231 e. The first kappa shape index (κ1) is 17.1. The molecule has 1 aromatic carbocycles. The van der Waals surface area contributed by atoms with Crippen LogP contribution in [0.15, 0.2) is 18.2 Å². The van der Waals surface area contributed by atoms with Crippen LogP contribution in [-0.4, -0.2) is 54.2 Å². The van der Waals surface area contributed by atoms with Crippen LogP contribution >= 0.6 is 0 Å². The van der Waals surface area contributed by atoms with Crippen LogP contribution < -0.4 is 9.47 Å². The average Bonchev–Trinajstić information content (AvgIpc) is 3.47. The summed E-state index contributed by atoms with van der Waals surface area (Å²) < 4.78 is 11.2. The Kier molecular flexibility index (Phi) is 4.07. The molecule has 3 atom stereocenters. The number of nitrogens with zero attached hydrogens (tertiary/aromatic N) is 2. The first-order valence-corrected chi connectivity index (χ1v) is 11.2. The van der Waals surface area contributed by atoms with Crippen molar-refractivity contribution < 1.29 is 14.3 Å². The van der Waals surface area contributed by atoms with Crippen LogP contribution in [0.5, 0.6) is 11.5 Å². The number of fused-ring (bicyclic) bond motifs is 3. The summed E-state index contributed by atoms with van der Waals surface area (Å²) in [6.45, 7) is 3.57. The number of ether oxygens (including phenoxy) is 2. The minimum Gasteiger partial charge on any atom is -0.454 e. The molecule has 5 aliphatic heterocycles. The molecule has 4 saturated heterocycles. The van der Waals surface area contributed by atoms with Crippen LogP contribution in [0.3, 0.4) is 0 Å². The van der Waals surface area contributed by atoms with E-state index in [0.717, 1.165) is 24.5 Å². The molecule has 7 rings (SSSR count). The maximum absolute atomic E-state index is 13.4. The van der Waals surface area contributed by atoms with Crippen molar-refractivity contribution in [1.29, 1.82) is 0 Å². The smallest absolute Gasteiger partial charge is 0.231 e. The average molecular weight is 383 g/mol. The normalized spacial score (nSPS) is 36.1. The number of amides is 1. The number of hydrogen-bond donors (Lipinski definition) is 0. The molecule has 0 radical (unpaired) electrons. The SMILES string of the molecule is O=C(CC1CCCC1)N1C[C@@H](c2ccc3c(c2)OCO3)[C@@H]2[C@H]1C1CCN2CC1. The predicted molar refractivity (Wildman–Crippen MR) is 105 cm³/mol. The summed E-state index contributed by atoms with van der Waals surface area (Å²) in [4.78, 5) is 18.3. The molecule has 0 spiro atoms. The summed E-state index contributed by atoms with van der Waals surface area (Å²) in [7, 11) is 0. The fraction of sp³-hybridized carbons (Fsp3) is 0.696. The van der Waals surface area contributed by atoms with Gasteiger partial charge in [0.05, 0.1) is 6.04 Å². The number of carbonyl (C=O) groups excluding carboxylic acids is 1. The standard InChI is InChI=1S/C23H30N2O3/c26-21(11-15-3-1-2-4-15)25-13-18(17-5-6-19-20(12-17)28-14-27-19)23-22(25)16-7-9-24(23)10-8-16/h5-6,12,15-16,18,22-23H,1-4,7-11,13-14H2/t18-,22+,23+/m0/s1. The maximum atomic E-state index is 13.4. The minimum atomic E-state index is 0.315. The second-order valence-corrected chi connectivity index (χ2v) is 9.47. The summed E-state index contributed by atoms with van der Waals surface area (Å²) in [5.74, 6) is 3.81. The molecule has 2 bridgehead atoms. The molecular weight excluding hydrogens is 352 g/mol. The van der Waals surface area contributed by atoms with Gasteiger partial charge in [0.15, 0.2) is 11.5 Å². The lowest BCUT2D eigenvalue weighted by Crippen LogP contribution is -2.60. The first-order valence-electron chi connectivity index (χ1n) is 11.2. The van der Waals surface area contributed by atoms with Gasteiger partial charge in [-0.1, -0.05) is 18.9 Å². The topological polar surface area (TPSA) is 42.0 Å². The Morgan fingerprint density at radius 1 is 1.00 bits per heavy atom. The van der Waals surface area contributed by atoms with Crippen LogP contribution in [0.4, 0.5) is 0 Å². The van der Waals surface area contributed by atoms with Crippen molar-refractivity contribution in [2.45, 2.75) is 62.9 Å². The summed E-state index contributed by atoms with van der Waals surface area (Å²) in [6.07, 6.45) is 8.37. The van der Waals surface area contributed by atoms with Gasteiger partial charge in [-0.15, -0.1) is 0 Å². The Balaban J connectivity index is 1.30. The monoisotopic (exact) mass is 382 g/mol. The van der Waals surface area contributed by atoms with Crippen molar-refractivity contribution in [3.63, 3.8) is 0 Å². The molecule has 6 aliphatic rings. The Hall–Kier alpha value is -1.75. The summed E-state index contributed by atoms with van der Waals surface area (Å²) in [5.41, 5.74) is 1.31. The molecule has 1 amide bonds. The second-order valence-electron chi connectivity index (χ2n) is 9.47. The fourth-order valence-corrected chi connectivity index (χ4v) is 6.72. The van der Waals surface area contributed by atoms with E-state index in [2.05, 4.69) is 21.9 Å². The molecule has 5 fully saturated rings. The van der Waals surface area contributed by atoms with Crippen LogP contribution in [0.1, 0.15) is 56.4 Å². The molecule has 1 aromatic rings. The van der Waals surface area contributed by atoms with Crippen molar-refractivity contribution in [3.8, 4) is 11.5 Å². The Morgan fingerprint density at radius 2 is 1.79 bits per heavy atom. The summed E-state index contributed by atoms with van der Waals surface area (Å²) in [6, 6.07) is 7.29. The number of carbonyl (C=O) groups is 1. The zero-order valence-corrected chi connectivity index (χ0v) is 16.5. The van der Waals surface area contributed by atoms with Gasteiger partial charge in [0.1, 0.15) is 0 Å². The molecular formula is C23H30N2O3. The van der Waals surface area contributed by atoms with Crippen LogP contribution in [0.25, 0.3) is 0 Å². The van der Waals surface area contributed by atoms with E-state index in [1.54, 1.807) is 0 Å². The van der Waals surface area contributed by atoms with Gasteiger partial charge < -0.3 is 14.4 Å². The molecule has 1 aliphatic carbocycles. The van der Waals surface area contributed by atoms with Crippen LogP contribution in [-0.2, 0) is 4.79 Å². The quantitative estimate of drug-likeness (QED) is 0.804. The molecule has 5 nitrogen and oxygen atoms in total. The van der Waals surface area contributed by atoms with Gasteiger partial charge in [-0.3, -0.25) is 9.69 Å². The van der Waals surface area contributed by atoms with E-state index in [1.165, 1.54) is 57.2 Å². The highest BCUT2D eigenvalue weighted by atomic mass is 16.7. The minimum absolute atomic E-state index is 0.315. The van der Waals surface area contributed by atoms with Gasteiger partial charge in [0, 0.05) is 24.9 Å². The number of piperidine rings is 3. The van der Waals surface area contributed by atoms with Crippen molar-refractivity contribution >= 4 is 5.91 Å². The van der Waals surface area contributed by atoms with Gasteiger partial charge in [-0.2, -0.15) is 0 Å². The number of hydrogen-bond acceptors (Lipinski definition) is 4. The van der Waals surface area contributed by atoms with E-state index in [1.807, 2.05) is 6.07 Å². The zero-order chi connectivity index (χ0) is 18.7. The highest BCUT2D eigenvalue weighted by Gasteiger charge is 2.54. The molecule has 5 heteroatoms. The van der Waals surface area contributed by atoms with Crippen molar-refractivity contribution in [1.82, 2.24) is 9.80 Å². The third-order valence-electron chi connectivity index (χ3n) is 8.08. The Labute approximate surface area is 167 Å². The largest absolute Gasteiger partial charge is 0.454 e. The predicted octanol–water partition coefficient (Wildman–Crippen LogP) is 3.38. The summed E-state index contributed by atoms with van der Waals surface area (Å²) >= 11 is 0. The van der Waals surface area contributed by atoms with E-state index in [-0.39, 0.29) is 0 Å². The van der Waals surface area contributed by atoms with Gasteiger partial charge in [0.25, 0.3) is 0 Å². The molecule has 1 saturated carbocycles. The lowest BCUT2D eigenvalue weighted by atomic mass is 9.75. The lowest BCUT2D eigenvalue weighted by Gasteiger charge is -2.51. The number of rotatable bonds is 3. The van der Waals surface area contributed by atoms with Gasteiger partial charge in [-0.05, 0) is 68.3 Å². The van der Waals surface area contributed by atoms with E-state index in [4.69, 9.17) is 9.47 Å². The van der Waals surface area contributed by atoms with Gasteiger partial charge in [0.2, 0.25) is 12.7 Å². The third kappa shape index (κ3) is 2.66. The van der Waals surface area contributed by atoms with Gasteiger partial charge >= 0.3 is 0 Å². The Morgan fingerprint density at radius 3 is 2.61 bits per heavy atom. The van der Waals surface area contributed by atoms with E-state index in [0.29, 0.717) is 42.5 Å².